The lowest BCUT2D eigenvalue weighted by molar-refractivity contribution is -0.135. The molecule has 26 heavy (non-hydrogen) atoms. The molecule has 4 heteroatoms. The third-order valence-corrected chi connectivity index (χ3v) is 6.47. The zero-order valence-corrected chi connectivity index (χ0v) is 17.5. The van der Waals surface area contributed by atoms with Crippen molar-refractivity contribution in [2.75, 3.05) is 13.1 Å². The summed E-state index contributed by atoms with van der Waals surface area (Å²) in [7, 11) is 0. The van der Waals surface area contributed by atoms with Gasteiger partial charge in [0.25, 0.3) is 0 Å². The number of carbonyl (C=O) groups excluding carboxylic acids is 2. The summed E-state index contributed by atoms with van der Waals surface area (Å²) in [6, 6.07) is 0.643. The van der Waals surface area contributed by atoms with Crippen molar-refractivity contribution < 1.29 is 9.59 Å². The van der Waals surface area contributed by atoms with Crippen molar-refractivity contribution >= 4 is 11.8 Å². The van der Waals surface area contributed by atoms with Gasteiger partial charge in [-0.3, -0.25) is 9.59 Å². The van der Waals surface area contributed by atoms with Crippen molar-refractivity contribution in [2.45, 2.75) is 104 Å². The lowest BCUT2D eigenvalue weighted by Gasteiger charge is -2.27. The molecule has 0 aromatic carbocycles. The fraction of sp³-hybridized carbons (Fsp3) is 0.909. The number of likely N-dealkylation sites (tertiary alicyclic amines) is 2. The van der Waals surface area contributed by atoms with Gasteiger partial charge in [-0.1, -0.05) is 52.4 Å². The van der Waals surface area contributed by atoms with Crippen molar-refractivity contribution in [2.24, 2.45) is 11.8 Å². The van der Waals surface area contributed by atoms with E-state index >= 15 is 0 Å². The first-order valence-corrected chi connectivity index (χ1v) is 11.1. The second-order valence-corrected chi connectivity index (χ2v) is 8.62. The molecule has 2 fully saturated rings. The molecule has 0 radical (unpaired) electrons. The minimum Gasteiger partial charge on any atom is -0.338 e. The summed E-state index contributed by atoms with van der Waals surface area (Å²) in [6.45, 7) is 10.2. The van der Waals surface area contributed by atoms with E-state index in [1.54, 1.807) is 0 Å². The maximum atomic E-state index is 12.7. The molecule has 0 bridgehead atoms. The first-order chi connectivity index (χ1) is 12.5. The molecule has 2 rings (SSSR count). The Labute approximate surface area is 160 Å². The van der Waals surface area contributed by atoms with Crippen LogP contribution in [0.1, 0.15) is 91.9 Å². The average Bonchev–Trinajstić information content (AvgIpc) is 3.03. The predicted octanol–water partition coefficient (Wildman–Crippen LogP) is 4.62. The third-order valence-electron chi connectivity index (χ3n) is 6.47. The fourth-order valence-corrected chi connectivity index (χ4v) is 4.82. The Morgan fingerprint density at radius 3 is 1.46 bits per heavy atom. The van der Waals surface area contributed by atoms with Crippen molar-refractivity contribution in [1.29, 1.82) is 0 Å². The van der Waals surface area contributed by atoms with Crippen LogP contribution in [0.5, 0.6) is 0 Å². The van der Waals surface area contributed by atoms with Crippen molar-refractivity contribution in [1.82, 2.24) is 9.80 Å². The molecule has 4 atom stereocenters. The SMILES string of the molecule is CCCCCC1CC(C)N(CCN2C(=O)C(CCCCC)CC2C)C1=O. The van der Waals surface area contributed by atoms with Crippen LogP contribution in [0.15, 0.2) is 0 Å². The molecular weight excluding hydrogens is 324 g/mol. The summed E-state index contributed by atoms with van der Waals surface area (Å²) in [5, 5.41) is 0. The molecule has 2 saturated heterocycles. The van der Waals surface area contributed by atoms with Gasteiger partial charge in [0.1, 0.15) is 0 Å². The monoisotopic (exact) mass is 364 g/mol. The van der Waals surface area contributed by atoms with Crippen molar-refractivity contribution in [3.8, 4) is 0 Å². The van der Waals surface area contributed by atoms with Gasteiger partial charge in [-0.15, -0.1) is 0 Å². The van der Waals surface area contributed by atoms with Crippen LogP contribution in [0.2, 0.25) is 0 Å². The van der Waals surface area contributed by atoms with E-state index in [0.29, 0.717) is 37.0 Å². The van der Waals surface area contributed by atoms with Crippen LogP contribution in [0.4, 0.5) is 0 Å². The van der Waals surface area contributed by atoms with Gasteiger partial charge in [0.05, 0.1) is 0 Å². The summed E-state index contributed by atoms with van der Waals surface area (Å²) in [6.07, 6.45) is 11.2. The Hall–Kier alpha value is -1.06. The molecule has 2 aliphatic rings. The fourth-order valence-electron chi connectivity index (χ4n) is 4.82. The van der Waals surface area contributed by atoms with Gasteiger partial charge in [0.2, 0.25) is 11.8 Å². The second-order valence-electron chi connectivity index (χ2n) is 8.62. The number of carbonyl (C=O) groups is 2. The Morgan fingerprint density at radius 2 is 1.12 bits per heavy atom. The summed E-state index contributed by atoms with van der Waals surface area (Å²) >= 11 is 0. The molecule has 0 aromatic rings. The number of nitrogens with zero attached hydrogens (tertiary/aromatic N) is 2. The molecule has 2 amide bonds. The van der Waals surface area contributed by atoms with E-state index < -0.39 is 0 Å². The standard InChI is InChI=1S/C22H40N2O2/c1-5-7-9-11-19-15-17(3)23(21(19)25)13-14-24-18(4)16-20(22(24)26)12-10-8-6-2/h17-20H,5-16H2,1-4H3. The Morgan fingerprint density at radius 1 is 0.731 bits per heavy atom. The highest BCUT2D eigenvalue weighted by Gasteiger charge is 2.39. The van der Waals surface area contributed by atoms with E-state index in [4.69, 9.17) is 0 Å². The van der Waals surface area contributed by atoms with Crippen LogP contribution in [-0.2, 0) is 9.59 Å². The molecule has 4 nitrogen and oxygen atoms in total. The van der Waals surface area contributed by atoms with Gasteiger partial charge in [0.15, 0.2) is 0 Å². The lowest BCUT2D eigenvalue weighted by atomic mass is 9.98. The Bertz CT molecular complexity index is 423. The smallest absolute Gasteiger partial charge is 0.226 e. The van der Waals surface area contributed by atoms with Gasteiger partial charge < -0.3 is 9.80 Å². The van der Waals surface area contributed by atoms with Crippen LogP contribution >= 0.6 is 0 Å². The van der Waals surface area contributed by atoms with E-state index in [-0.39, 0.29) is 11.8 Å². The highest BCUT2D eigenvalue weighted by atomic mass is 16.2. The summed E-state index contributed by atoms with van der Waals surface area (Å²) < 4.78 is 0. The maximum absolute atomic E-state index is 12.7. The van der Waals surface area contributed by atoms with E-state index in [2.05, 4.69) is 27.7 Å². The summed E-state index contributed by atoms with van der Waals surface area (Å²) in [5.41, 5.74) is 0. The van der Waals surface area contributed by atoms with Crippen molar-refractivity contribution in [3.63, 3.8) is 0 Å². The summed E-state index contributed by atoms with van der Waals surface area (Å²) in [5.74, 6) is 1.08. The molecule has 0 spiro atoms. The van der Waals surface area contributed by atoms with Crippen LogP contribution in [0.3, 0.4) is 0 Å². The lowest BCUT2D eigenvalue weighted by Crippen LogP contribution is -2.42. The van der Waals surface area contributed by atoms with Crippen LogP contribution in [0.25, 0.3) is 0 Å². The molecule has 0 aliphatic carbocycles. The largest absolute Gasteiger partial charge is 0.338 e. The Balaban J connectivity index is 1.82. The second kappa shape index (κ2) is 10.3. The van der Waals surface area contributed by atoms with Gasteiger partial charge in [-0.05, 0) is 39.5 Å². The quantitative estimate of drug-likeness (QED) is 0.502. The molecule has 2 aliphatic heterocycles. The number of hydrogen-bond donors (Lipinski definition) is 0. The highest BCUT2D eigenvalue weighted by molar-refractivity contribution is 5.82. The highest BCUT2D eigenvalue weighted by Crippen LogP contribution is 2.31. The number of amides is 2. The topological polar surface area (TPSA) is 40.6 Å². The third kappa shape index (κ3) is 5.23. The van der Waals surface area contributed by atoms with E-state index in [1.807, 2.05) is 9.80 Å². The first-order valence-electron chi connectivity index (χ1n) is 11.1. The minimum absolute atomic E-state index is 0.213. The molecule has 4 unspecified atom stereocenters. The van der Waals surface area contributed by atoms with E-state index in [0.717, 1.165) is 38.5 Å². The zero-order chi connectivity index (χ0) is 19.1. The van der Waals surface area contributed by atoms with Gasteiger partial charge in [-0.2, -0.15) is 0 Å². The molecular formula is C22H40N2O2. The van der Waals surface area contributed by atoms with Crippen molar-refractivity contribution in [3.05, 3.63) is 0 Å². The first kappa shape index (κ1) is 21.2. The molecule has 0 saturated carbocycles. The van der Waals surface area contributed by atoms with Gasteiger partial charge in [-0.25, -0.2) is 0 Å². The minimum atomic E-state index is 0.213. The van der Waals surface area contributed by atoms with Gasteiger partial charge in [0, 0.05) is 37.0 Å². The predicted molar refractivity (Wildman–Crippen MR) is 107 cm³/mol. The van der Waals surface area contributed by atoms with Crippen LogP contribution < -0.4 is 0 Å². The molecule has 0 N–H and O–H groups in total. The van der Waals surface area contributed by atoms with Crippen LogP contribution in [-0.4, -0.2) is 46.8 Å². The maximum Gasteiger partial charge on any atom is 0.226 e. The normalized spacial score (nSPS) is 29.2. The summed E-state index contributed by atoms with van der Waals surface area (Å²) in [4.78, 5) is 29.6. The van der Waals surface area contributed by atoms with Crippen LogP contribution in [0, 0.1) is 11.8 Å². The number of unbranched alkanes of at least 4 members (excludes halogenated alkanes) is 4. The average molecular weight is 365 g/mol. The van der Waals surface area contributed by atoms with Gasteiger partial charge >= 0.3 is 0 Å². The molecule has 150 valence electrons. The number of rotatable bonds is 11. The molecule has 2 heterocycles. The zero-order valence-electron chi connectivity index (χ0n) is 17.5. The van der Waals surface area contributed by atoms with E-state index in [1.165, 1.54) is 25.7 Å². The number of hydrogen-bond acceptors (Lipinski definition) is 2. The molecule has 0 aromatic heterocycles. The van der Waals surface area contributed by atoms with E-state index in [9.17, 15) is 9.59 Å². The Kier molecular flexibility index (Phi) is 8.43.